The molecule has 1 fully saturated rings. The van der Waals surface area contributed by atoms with Crippen molar-refractivity contribution in [1.29, 1.82) is 0 Å². The molecule has 2 atom stereocenters. The Balaban J connectivity index is 1.98. The average molecular weight is 291 g/mol. The zero-order chi connectivity index (χ0) is 15.0. The smallest absolute Gasteiger partial charge is 0.308 e. The Morgan fingerprint density at radius 1 is 1.29 bits per heavy atom. The molecule has 0 aromatic heterocycles. The summed E-state index contributed by atoms with van der Waals surface area (Å²) in [6, 6.07) is 4.89. The lowest BCUT2D eigenvalue weighted by atomic mass is 9.84. The van der Waals surface area contributed by atoms with Gasteiger partial charge in [0.2, 0.25) is 5.91 Å². The first-order valence-corrected chi connectivity index (χ1v) is 6.96. The molecule has 0 radical (unpaired) electrons. The number of nitrogens with zero attached hydrogens (tertiary/aromatic N) is 1. The number of benzene rings is 1. The Kier molecular flexibility index (Phi) is 3.45. The molecule has 1 aromatic rings. The number of carbonyl (C=O) groups excluding carboxylic acids is 1. The van der Waals surface area contributed by atoms with Gasteiger partial charge in [0.25, 0.3) is 0 Å². The largest absolute Gasteiger partial charge is 0.486 e. The fourth-order valence-corrected chi connectivity index (χ4v) is 3.00. The first kappa shape index (κ1) is 13.7. The van der Waals surface area contributed by atoms with Crippen LogP contribution in [0.5, 0.6) is 11.5 Å². The third-order valence-electron chi connectivity index (χ3n) is 4.09. The van der Waals surface area contributed by atoms with E-state index in [1.807, 2.05) is 6.07 Å². The van der Waals surface area contributed by atoms with Crippen molar-refractivity contribution in [2.24, 2.45) is 5.92 Å². The standard InChI is InChI=1S/C15H17NO5/c1-16-13(17)5-3-10(15(18)19)14(16)9-2-4-11-12(8-9)21-7-6-20-11/h2,4,8,10,14H,3,5-7H2,1H3,(H,18,19). The molecule has 1 amide bonds. The Morgan fingerprint density at radius 2 is 2.00 bits per heavy atom. The molecule has 6 nitrogen and oxygen atoms in total. The molecule has 1 N–H and O–H groups in total. The second-order valence-corrected chi connectivity index (χ2v) is 5.34. The van der Waals surface area contributed by atoms with E-state index in [1.54, 1.807) is 19.2 Å². The SMILES string of the molecule is CN1C(=O)CCC(C(=O)O)C1c1ccc2c(c1)OCCO2. The van der Waals surface area contributed by atoms with Gasteiger partial charge in [-0.05, 0) is 24.1 Å². The number of carbonyl (C=O) groups is 2. The van der Waals surface area contributed by atoms with Gasteiger partial charge in [0, 0.05) is 13.5 Å². The van der Waals surface area contributed by atoms with Crippen LogP contribution in [0.4, 0.5) is 0 Å². The summed E-state index contributed by atoms with van der Waals surface area (Å²) in [6.07, 6.45) is 0.631. The lowest BCUT2D eigenvalue weighted by Gasteiger charge is -2.37. The molecule has 3 rings (SSSR count). The van der Waals surface area contributed by atoms with Gasteiger partial charge in [-0.3, -0.25) is 9.59 Å². The van der Waals surface area contributed by atoms with E-state index in [2.05, 4.69) is 0 Å². The quantitative estimate of drug-likeness (QED) is 0.892. The summed E-state index contributed by atoms with van der Waals surface area (Å²) in [5.74, 6) is -0.257. The summed E-state index contributed by atoms with van der Waals surface area (Å²) in [4.78, 5) is 24.9. The highest BCUT2D eigenvalue weighted by atomic mass is 16.6. The lowest BCUT2D eigenvalue weighted by molar-refractivity contribution is -0.150. The van der Waals surface area contributed by atoms with Crippen molar-refractivity contribution in [3.05, 3.63) is 23.8 Å². The average Bonchev–Trinajstić information content (AvgIpc) is 2.49. The summed E-state index contributed by atoms with van der Waals surface area (Å²) < 4.78 is 11.0. The van der Waals surface area contributed by atoms with Gasteiger partial charge in [-0.2, -0.15) is 0 Å². The van der Waals surface area contributed by atoms with Crippen molar-refractivity contribution >= 4 is 11.9 Å². The van der Waals surface area contributed by atoms with E-state index in [4.69, 9.17) is 9.47 Å². The molecular formula is C15H17NO5. The number of aliphatic carboxylic acids is 1. The molecule has 2 aliphatic heterocycles. The normalized spacial score (nSPS) is 24.8. The van der Waals surface area contributed by atoms with Gasteiger partial charge < -0.3 is 19.5 Å². The van der Waals surface area contributed by atoms with Crippen LogP contribution in [-0.2, 0) is 9.59 Å². The maximum Gasteiger partial charge on any atom is 0.308 e. The van der Waals surface area contributed by atoms with E-state index >= 15 is 0 Å². The van der Waals surface area contributed by atoms with Crippen molar-refractivity contribution in [1.82, 2.24) is 4.90 Å². The third kappa shape index (κ3) is 2.41. The van der Waals surface area contributed by atoms with E-state index in [1.165, 1.54) is 4.90 Å². The summed E-state index contributed by atoms with van der Waals surface area (Å²) in [5, 5.41) is 9.42. The first-order chi connectivity index (χ1) is 10.1. The van der Waals surface area contributed by atoms with Gasteiger partial charge in [0.05, 0.1) is 12.0 Å². The molecule has 1 aromatic carbocycles. The highest BCUT2D eigenvalue weighted by Gasteiger charge is 2.39. The molecule has 112 valence electrons. The van der Waals surface area contributed by atoms with Crippen LogP contribution in [0.3, 0.4) is 0 Å². The summed E-state index contributed by atoms with van der Waals surface area (Å²) >= 11 is 0. The number of amides is 1. The van der Waals surface area contributed by atoms with Crippen LogP contribution in [0.15, 0.2) is 18.2 Å². The number of fused-ring (bicyclic) bond motifs is 1. The molecule has 2 unspecified atom stereocenters. The molecule has 0 spiro atoms. The number of piperidine rings is 1. The monoisotopic (exact) mass is 291 g/mol. The lowest BCUT2D eigenvalue weighted by Crippen LogP contribution is -2.43. The van der Waals surface area contributed by atoms with Crippen molar-refractivity contribution in [2.75, 3.05) is 20.3 Å². The minimum absolute atomic E-state index is 0.0348. The van der Waals surface area contributed by atoms with Crippen LogP contribution in [-0.4, -0.2) is 42.1 Å². The van der Waals surface area contributed by atoms with Crippen LogP contribution in [0.1, 0.15) is 24.4 Å². The number of ether oxygens (including phenoxy) is 2. The van der Waals surface area contributed by atoms with Gasteiger partial charge in [0.1, 0.15) is 13.2 Å². The minimum atomic E-state index is -0.880. The van der Waals surface area contributed by atoms with Crippen LogP contribution in [0.2, 0.25) is 0 Å². The van der Waals surface area contributed by atoms with Gasteiger partial charge in [-0.1, -0.05) is 6.07 Å². The van der Waals surface area contributed by atoms with Crippen LogP contribution in [0, 0.1) is 5.92 Å². The topological polar surface area (TPSA) is 76.1 Å². The van der Waals surface area contributed by atoms with Crippen molar-refractivity contribution in [3.8, 4) is 11.5 Å². The van der Waals surface area contributed by atoms with Crippen molar-refractivity contribution in [3.63, 3.8) is 0 Å². The Morgan fingerprint density at radius 3 is 2.71 bits per heavy atom. The summed E-state index contributed by atoms with van der Waals surface area (Å²) in [7, 11) is 1.65. The van der Waals surface area contributed by atoms with Crippen molar-refractivity contribution in [2.45, 2.75) is 18.9 Å². The Labute approximate surface area is 122 Å². The molecule has 0 bridgehead atoms. The third-order valence-corrected chi connectivity index (χ3v) is 4.09. The molecule has 0 saturated carbocycles. The second-order valence-electron chi connectivity index (χ2n) is 5.34. The van der Waals surface area contributed by atoms with E-state index in [-0.39, 0.29) is 12.3 Å². The first-order valence-electron chi connectivity index (χ1n) is 6.96. The summed E-state index contributed by atoms with van der Waals surface area (Å²) in [5.41, 5.74) is 0.766. The van der Waals surface area contributed by atoms with Crippen LogP contribution >= 0.6 is 0 Å². The predicted octanol–water partition coefficient (Wildman–Crippen LogP) is 1.45. The van der Waals surface area contributed by atoms with E-state index in [0.717, 1.165) is 5.56 Å². The maximum absolute atomic E-state index is 11.9. The minimum Gasteiger partial charge on any atom is -0.486 e. The van der Waals surface area contributed by atoms with E-state index in [0.29, 0.717) is 31.1 Å². The molecule has 2 heterocycles. The van der Waals surface area contributed by atoms with Crippen molar-refractivity contribution < 1.29 is 24.2 Å². The zero-order valence-corrected chi connectivity index (χ0v) is 11.7. The molecule has 21 heavy (non-hydrogen) atoms. The maximum atomic E-state index is 11.9. The predicted molar refractivity (Wildman–Crippen MR) is 73.3 cm³/mol. The van der Waals surface area contributed by atoms with Gasteiger partial charge in [-0.25, -0.2) is 0 Å². The fraction of sp³-hybridized carbons (Fsp3) is 0.467. The number of carboxylic acids is 1. The molecule has 2 aliphatic rings. The highest BCUT2D eigenvalue weighted by Crippen LogP contribution is 2.40. The van der Waals surface area contributed by atoms with E-state index < -0.39 is 17.9 Å². The van der Waals surface area contributed by atoms with Crippen LogP contribution in [0.25, 0.3) is 0 Å². The van der Waals surface area contributed by atoms with Gasteiger partial charge in [-0.15, -0.1) is 0 Å². The number of rotatable bonds is 2. The number of likely N-dealkylation sites (tertiary alicyclic amines) is 1. The number of carboxylic acid groups (broad SMARTS) is 1. The van der Waals surface area contributed by atoms with Gasteiger partial charge in [0.15, 0.2) is 11.5 Å². The second kappa shape index (κ2) is 5.27. The Hall–Kier alpha value is -2.24. The van der Waals surface area contributed by atoms with Gasteiger partial charge >= 0.3 is 5.97 Å². The highest BCUT2D eigenvalue weighted by molar-refractivity contribution is 5.81. The molecule has 6 heteroatoms. The molecular weight excluding hydrogens is 274 g/mol. The Bertz CT molecular complexity index is 585. The van der Waals surface area contributed by atoms with Crippen LogP contribution < -0.4 is 9.47 Å². The van der Waals surface area contributed by atoms with E-state index in [9.17, 15) is 14.7 Å². The molecule has 1 saturated heterocycles. The number of hydrogen-bond donors (Lipinski definition) is 1. The fourth-order valence-electron chi connectivity index (χ4n) is 3.00. The summed E-state index contributed by atoms with van der Waals surface area (Å²) in [6.45, 7) is 0.976. The zero-order valence-electron chi connectivity index (χ0n) is 11.7. The number of hydrogen-bond acceptors (Lipinski definition) is 4. The molecule has 0 aliphatic carbocycles.